The first-order chi connectivity index (χ1) is 9.89. The van der Waals surface area contributed by atoms with Crippen LogP contribution in [0.5, 0.6) is 0 Å². The highest BCUT2D eigenvalue weighted by atomic mass is 32.2. The Bertz CT molecular complexity index is 493. The molecule has 0 aromatic heterocycles. The molecule has 7 heteroatoms. The lowest BCUT2D eigenvalue weighted by atomic mass is 9.97. The first-order valence-corrected chi connectivity index (χ1v) is 9.44. The van der Waals surface area contributed by atoms with E-state index in [2.05, 4.69) is 0 Å². The smallest absolute Gasteiger partial charge is 0.323 e. The van der Waals surface area contributed by atoms with Crippen molar-refractivity contribution >= 4 is 21.7 Å². The summed E-state index contributed by atoms with van der Waals surface area (Å²) in [4.78, 5) is 25.0. The Hall–Kier alpha value is -1.11. The van der Waals surface area contributed by atoms with E-state index in [4.69, 9.17) is 5.11 Å². The molecule has 21 heavy (non-hydrogen) atoms. The largest absolute Gasteiger partial charge is 0.480 e. The minimum Gasteiger partial charge on any atom is -0.480 e. The lowest BCUT2D eigenvalue weighted by Gasteiger charge is -2.30. The number of sulfone groups is 1. The van der Waals surface area contributed by atoms with E-state index in [-0.39, 0.29) is 23.3 Å². The molecule has 0 aromatic rings. The van der Waals surface area contributed by atoms with Crippen LogP contribution in [-0.4, -0.2) is 54.4 Å². The number of aliphatic carboxylic acids is 1. The van der Waals surface area contributed by atoms with Crippen molar-refractivity contribution in [1.82, 2.24) is 4.90 Å². The molecule has 0 spiro atoms. The van der Waals surface area contributed by atoms with Gasteiger partial charge in [0.05, 0.1) is 11.5 Å². The molecule has 0 radical (unpaired) electrons. The van der Waals surface area contributed by atoms with Gasteiger partial charge in [-0.15, -0.1) is 0 Å². The fourth-order valence-corrected chi connectivity index (χ4v) is 5.05. The maximum absolute atomic E-state index is 12.7. The van der Waals surface area contributed by atoms with E-state index in [0.717, 1.165) is 38.5 Å². The van der Waals surface area contributed by atoms with E-state index >= 15 is 0 Å². The molecule has 1 aliphatic heterocycles. The number of carboxylic acids is 1. The van der Waals surface area contributed by atoms with Gasteiger partial charge in [-0.2, -0.15) is 0 Å². The third kappa shape index (κ3) is 4.43. The molecule has 2 fully saturated rings. The van der Waals surface area contributed by atoms with E-state index in [1.54, 1.807) is 0 Å². The van der Waals surface area contributed by atoms with Gasteiger partial charge < -0.3 is 10.0 Å². The standard InChI is InChI=1S/C14H23NO5S/c16-13(17)9-15(12-7-8-21(19,20)10-12)14(18)11-5-3-1-2-4-6-11/h11-12H,1-10H2,(H,16,17). The average molecular weight is 317 g/mol. The molecule has 120 valence electrons. The summed E-state index contributed by atoms with van der Waals surface area (Å²) in [6.07, 6.45) is 6.12. The number of amides is 1. The van der Waals surface area contributed by atoms with Crippen LogP contribution in [0.15, 0.2) is 0 Å². The van der Waals surface area contributed by atoms with E-state index in [1.165, 1.54) is 4.90 Å². The van der Waals surface area contributed by atoms with Crippen LogP contribution >= 0.6 is 0 Å². The molecule has 1 N–H and O–H groups in total. The average Bonchev–Trinajstić information content (AvgIpc) is 2.64. The monoisotopic (exact) mass is 317 g/mol. The summed E-state index contributed by atoms with van der Waals surface area (Å²) in [6, 6.07) is -0.471. The Morgan fingerprint density at radius 2 is 1.67 bits per heavy atom. The third-order valence-electron chi connectivity index (χ3n) is 4.44. The Kier molecular flexibility index (Phi) is 5.24. The van der Waals surface area contributed by atoms with Crippen molar-refractivity contribution in [2.24, 2.45) is 5.92 Å². The molecular formula is C14H23NO5S. The molecule has 0 bridgehead atoms. The quantitative estimate of drug-likeness (QED) is 0.783. The molecule has 1 aliphatic carbocycles. The second-order valence-electron chi connectivity index (χ2n) is 6.11. The van der Waals surface area contributed by atoms with Crippen molar-refractivity contribution in [3.8, 4) is 0 Å². The van der Waals surface area contributed by atoms with Crippen LogP contribution in [-0.2, 0) is 19.4 Å². The molecule has 1 heterocycles. The molecule has 1 atom stereocenters. The number of hydrogen-bond acceptors (Lipinski definition) is 4. The molecular weight excluding hydrogens is 294 g/mol. The van der Waals surface area contributed by atoms with Gasteiger partial charge in [0.1, 0.15) is 6.54 Å². The molecule has 1 saturated heterocycles. The zero-order chi connectivity index (χ0) is 15.5. The van der Waals surface area contributed by atoms with Gasteiger partial charge in [-0.05, 0) is 19.3 Å². The summed E-state index contributed by atoms with van der Waals surface area (Å²) in [7, 11) is -3.13. The van der Waals surface area contributed by atoms with Crippen LogP contribution in [0.25, 0.3) is 0 Å². The highest BCUT2D eigenvalue weighted by Crippen LogP contribution is 2.27. The van der Waals surface area contributed by atoms with Crippen LogP contribution in [0.1, 0.15) is 44.9 Å². The molecule has 0 aromatic carbocycles. The van der Waals surface area contributed by atoms with Gasteiger partial charge in [-0.25, -0.2) is 8.42 Å². The fraction of sp³-hybridized carbons (Fsp3) is 0.857. The minimum absolute atomic E-state index is 0.0474. The maximum Gasteiger partial charge on any atom is 0.323 e. The summed E-state index contributed by atoms with van der Waals surface area (Å²) in [5, 5.41) is 9.03. The van der Waals surface area contributed by atoms with Crippen LogP contribution < -0.4 is 0 Å². The van der Waals surface area contributed by atoms with E-state index in [9.17, 15) is 18.0 Å². The van der Waals surface area contributed by atoms with Crippen molar-refractivity contribution in [1.29, 1.82) is 0 Å². The summed E-state index contributed by atoms with van der Waals surface area (Å²) < 4.78 is 23.2. The second-order valence-corrected chi connectivity index (χ2v) is 8.33. The number of carbonyl (C=O) groups excluding carboxylic acids is 1. The first kappa shape index (κ1) is 16.3. The van der Waals surface area contributed by atoms with Gasteiger partial charge in [-0.3, -0.25) is 9.59 Å². The first-order valence-electron chi connectivity index (χ1n) is 7.62. The number of hydrogen-bond donors (Lipinski definition) is 1. The Morgan fingerprint density at radius 3 is 2.14 bits per heavy atom. The van der Waals surface area contributed by atoms with Gasteiger partial charge in [0.2, 0.25) is 5.91 Å². The number of nitrogens with zero attached hydrogens (tertiary/aromatic N) is 1. The summed E-state index contributed by atoms with van der Waals surface area (Å²) in [5.41, 5.74) is 0. The van der Waals surface area contributed by atoms with Crippen molar-refractivity contribution in [3.63, 3.8) is 0 Å². The Labute approximate surface area is 125 Å². The fourth-order valence-electron chi connectivity index (χ4n) is 3.31. The summed E-state index contributed by atoms with van der Waals surface area (Å²) in [6.45, 7) is -0.393. The van der Waals surface area contributed by atoms with Gasteiger partial charge >= 0.3 is 5.97 Å². The lowest BCUT2D eigenvalue weighted by Crippen LogP contribution is -2.46. The van der Waals surface area contributed by atoms with Crippen molar-refractivity contribution in [2.45, 2.75) is 51.0 Å². The maximum atomic E-state index is 12.7. The topological polar surface area (TPSA) is 91.8 Å². The lowest BCUT2D eigenvalue weighted by molar-refractivity contribution is -0.148. The van der Waals surface area contributed by atoms with Crippen LogP contribution in [0.2, 0.25) is 0 Å². The third-order valence-corrected chi connectivity index (χ3v) is 6.19. The molecule has 2 aliphatic rings. The summed E-state index contributed by atoms with van der Waals surface area (Å²) >= 11 is 0. The minimum atomic E-state index is -3.13. The van der Waals surface area contributed by atoms with Crippen molar-refractivity contribution < 1.29 is 23.1 Å². The predicted octanol–water partition coefficient (Wildman–Crippen LogP) is 1.06. The molecule has 1 saturated carbocycles. The number of rotatable bonds is 4. The van der Waals surface area contributed by atoms with Gasteiger partial charge in [0.25, 0.3) is 0 Å². The van der Waals surface area contributed by atoms with E-state index in [1.807, 2.05) is 0 Å². The van der Waals surface area contributed by atoms with Crippen molar-refractivity contribution in [2.75, 3.05) is 18.1 Å². The highest BCUT2D eigenvalue weighted by molar-refractivity contribution is 7.91. The van der Waals surface area contributed by atoms with Crippen molar-refractivity contribution in [3.05, 3.63) is 0 Å². The summed E-state index contributed by atoms with van der Waals surface area (Å²) in [5.74, 6) is -1.44. The van der Waals surface area contributed by atoms with Crippen LogP contribution in [0, 0.1) is 5.92 Å². The van der Waals surface area contributed by atoms with Gasteiger partial charge in [-0.1, -0.05) is 25.7 Å². The highest BCUT2D eigenvalue weighted by Gasteiger charge is 2.37. The number of carbonyl (C=O) groups is 2. The Balaban J connectivity index is 2.11. The molecule has 6 nitrogen and oxygen atoms in total. The zero-order valence-electron chi connectivity index (χ0n) is 12.2. The normalized spacial score (nSPS) is 26.2. The van der Waals surface area contributed by atoms with Gasteiger partial charge in [0, 0.05) is 12.0 Å². The SMILES string of the molecule is O=C(O)CN(C(=O)C1CCCCCC1)C1CCS(=O)(=O)C1. The van der Waals surface area contributed by atoms with Crippen LogP contribution in [0.3, 0.4) is 0 Å². The predicted molar refractivity (Wildman–Crippen MR) is 77.6 cm³/mol. The van der Waals surface area contributed by atoms with E-state index < -0.39 is 28.4 Å². The molecule has 1 unspecified atom stereocenters. The Morgan fingerprint density at radius 1 is 1.05 bits per heavy atom. The van der Waals surface area contributed by atoms with Gasteiger partial charge in [0.15, 0.2) is 9.84 Å². The molecule has 1 amide bonds. The zero-order valence-corrected chi connectivity index (χ0v) is 13.0. The molecule has 2 rings (SSSR count). The van der Waals surface area contributed by atoms with Crippen LogP contribution in [0.4, 0.5) is 0 Å². The number of carboxylic acid groups (broad SMARTS) is 1. The van der Waals surface area contributed by atoms with E-state index in [0.29, 0.717) is 6.42 Å². The second kappa shape index (κ2) is 6.77.